The fraction of sp³-hybridized carbons (Fsp3) is 0.440. The Labute approximate surface area is 175 Å². The number of phenolic OH excluding ortho intramolecular Hbond substituents is 2. The van der Waals surface area contributed by atoms with Crippen molar-refractivity contribution < 1.29 is 10.2 Å². The zero-order valence-corrected chi connectivity index (χ0v) is 18.5. The van der Waals surface area contributed by atoms with Gasteiger partial charge in [0.1, 0.15) is 18.2 Å². The molecule has 0 bridgehead atoms. The fourth-order valence-corrected chi connectivity index (χ4v) is 3.23. The Kier molecular flexibility index (Phi) is 8.00. The second-order valence-electron chi connectivity index (χ2n) is 7.93. The third-order valence-electron chi connectivity index (χ3n) is 5.69. The minimum absolute atomic E-state index is 0.234. The monoisotopic (exact) mass is 394 g/mol. The Morgan fingerprint density at radius 3 is 1.48 bits per heavy atom. The lowest BCUT2D eigenvalue weighted by atomic mass is 9.94. The van der Waals surface area contributed by atoms with E-state index in [0.717, 1.165) is 24.0 Å². The summed E-state index contributed by atoms with van der Waals surface area (Å²) in [6.45, 7) is 12.7. The predicted molar refractivity (Wildman–Crippen MR) is 123 cm³/mol. The van der Waals surface area contributed by atoms with Crippen LogP contribution in [0.1, 0.15) is 85.8 Å². The van der Waals surface area contributed by atoms with E-state index < -0.39 is 0 Å². The molecule has 2 N–H and O–H groups in total. The summed E-state index contributed by atoms with van der Waals surface area (Å²) in [5.74, 6) is 1.39. The van der Waals surface area contributed by atoms with E-state index in [-0.39, 0.29) is 18.2 Å². The maximum atomic E-state index is 10.3. The molecular formula is C25H34N2O2. The van der Waals surface area contributed by atoms with Gasteiger partial charge in [-0.3, -0.25) is 9.98 Å². The van der Waals surface area contributed by atoms with Gasteiger partial charge >= 0.3 is 0 Å². The van der Waals surface area contributed by atoms with E-state index in [2.05, 4.69) is 37.7 Å². The number of nitrogens with zero attached hydrogens (tertiary/aromatic N) is 2. The van der Waals surface area contributed by atoms with Crippen molar-refractivity contribution in [2.24, 2.45) is 9.98 Å². The van der Waals surface area contributed by atoms with Crippen LogP contribution in [0.3, 0.4) is 0 Å². The van der Waals surface area contributed by atoms with Crippen molar-refractivity contribution in [1.82, 2.24) is 0 Å². The lowest BCUT2D eigenvalue weighted by Crippen LogP contribution is -1.97. The molecule has 0 amide bonds. The van der Waals surface area contributed by atoms with E-state index in [1.54, 1.807) is 12.4 Å². The van der Waals surface area contributed by atoms with Gasteiger partial charge < -0.3 is 10.2 Å². The second-order valence-corrected chi connectivity index (χ2v) is 7.93. The third kappa shape index (κ3) is 5.69. The van der Waals surface area contributed by atoms with Gasteiger partial charge in [0.2, 0.25) is 0 Å². The quantitative estimate of drug-likeness (QED) is 0.521. The van der Waals surface area contributed by atoms with Crippen LogP contribution in [0, 0.1) is 13.8 Å². The van der Waals surface area contributed by atoms with Crippen molar-refractivity contribution in [2.45, 2.75) is 66.2 Å². The van der Waals surface area contributed by atoms with Crippen LogP contribution in [0.2, 0.25) is 0 Å². The standard InChI is InChI=1S/C25H34N2O2/c1-7-16(3)20-9-18(5)24(28)22(11-20)13-26-15-27-14-23-12-21(17(4)8-2)10-19(6)25(23)29/h9-14,16-17,28-29H,7-8,15H2,1-6H3. The second kappa shape index (κ2) is 10.2. The highest BCUT2D eigenvalue weighted by Gasteiger charge is 2.10. The molecule has 0 heterocycles. The smallest absolute Gasteiger partial charge is 0.129 e. The summed E-state index contributed by atoms with van der Waals surface area (Å²) < 4.78 is 0. The van der Waals surface area contributed by atoms with Crippen LogP contribution in [-0.2, 0) is 0 Å². The van der Waals surface area contributed by atoms with Crippen molar-refractivity contribution in [3.63, 3.8) is 0 Å². The van der Waals surface area contributed by atoms with Gasteiger partial charge in [-0.15, -0.1) is 0 Å². The van der Waals surface area contributed by atoms with E-state index in [0.29, 0.717) is 23.0 Å². The summed E-state index contributed by atoms with van der Waals surface area (Å²) in [7, 11) is 0. The van der Waals surface area contributed by atoms with Crippen LogP contribution in [0.15, 0.2) is 34.3 Å². The van der Waals surface area contributed by atoms with Gasteiger partial charge in [0.05, 0.1) is 0 Å². The maximum Gasteiger partial charge on any atom is 0.129 e. The molecule has 156 valence electrons. The van der Waals surface area contributed by atoms with E-state index in [1.165, 1.54) is 11.1 Å². The van der Waals surface area contributed by atoms with Crippen LogP contribution >= 0.6 is 0 Å². The van der Waals surface area contributed by atoms with E-state index >= 15 is 0 Å². The summed E-state index contributed by atoms with van der Waals surface area (Å²) in [6, 6.07) is 8.06. The number of benzene rings is 2. The Morgan fingerprint density at radius 1 is 0.759 bits per heavy atom. The van der Waals surface area contributed by atoms with Crippen LogP contribution < -0.4 is 0 Å². The topological polar surface area (TPSA) is 65.2 Å². The summed E-state index contributed by atoms with van der Waals surface area (Å²) in [4.78, 5) is 8.69. The molecule has 29 heavy (non-hydrogen) atoms. The average Bonchev–Trinajstić information content (AvgIpc) is 2.71. The molecule has 0 aliphatic carbocycles. The predicted octanol–water partition coefficient (Wildman–Crippen LogP) is 6.24. The number of phenols is 2. The van der Waals surface area contributed by atoms with E-state index in [9.17, 15) is 10.2 Å². The summed E-state index contributed by atoms with van der Waals surface area (Å²) >= 11 is 0. The summed E-state index contributed by atoms with van der Waals surface area (Å²) in [5, 5.41) is 20.6. The van der Waals surface area contributed by atoms with E-state index in [1.807, 2.05) is 38.1 Å². The van der Waals surface area contributed by atoms with Crippen LogP contribution in [-0.4, -0.2) is 29.3 Å². The van der Waals surface area contributed by atoms with Crippen LogP contribution in [0.5, 0.6) is 11.5 Å². The number of aliphatic imine (C=N–C) groups is 2. The molecule has 2 rings (SSSR count). The number of hydrogen-bond acceptors (Lipinski definition) is 4. The van der Waals surface area contributed by atoms with Crippen molar-refractivity contribution in [1.29, 1.82) is 0 Å². The first-order valence-corrected chi connectivity index (χ1v) is 10.4. The Balaban J connectivity index is 2.16. The van der Waals surface area contributed by atoms with E-state index in [4.69, 9.17) is 0 Å². The normalized spacial score (nSPS) is 14.0. The minimum atomic E-state index is 0.234. The lowest BCUT2D eigenvalue weighted by Gasteiger charge is -2.13. The Hall–Kier alpha value is -2.62. The lowest BCUT2D eigenvalue weighted by molar-refractivity contribution is 0.469. The van der Waals surface area contributed by atoms with Gasteiger partial charge in [0.25, 0.3) is 0 Å². The highest BCUT2D eigenvalue weighted by molar-refractivity contribution is 5.86. The zero-order chi connectivity index (χ0) is 21.6. The molecule has 0 aliphatic heterocycles. The average molecular weight is 395 g/mol. The Bertz CT molecular complexity index is 827. The largest absolute Gasteiger partial charge is 0.507 e. The van der Waals surface area contributed by atoms with Crippen molar-refractivity contribution in [2.75, 3.05) is 6.67 Å². The van der Waals surface area contributed by atoms with Crippen LogP contribution in [0.4, 0.5) is 0 Å². The zero-order valence-electron chi connectivity index (χ0n) is 18.5. The first kappa shape index (κ1) is 22.7. The number of hydrogen-bond donors (Lipinski definition) is 2. The molecular weight excluding hydrogens is 360 g/mol. The number of rotatable bonds is 8. The van der Waals surface area contributed by atoms with Gasteiger partial charge in [0.15, 0.2) is 0 Å². The molecule has 2 aromatic carbocycles. The molecule has 2 atom stereocenters. The first-order chi connectivity index (χ1) is 13.8. The Morgan fingerprint density at radius 2 is 1.14 bits per heavy atom. The molecule has 0 spiro atoms. The molecule has 2 aromatic rings. The molecule has 0 aromatic heterocycles. The maximum absolute atomic E-state index is 10.3. The molecule has 0 radical (unpaired) electrons. The first-order valence-electron chi connectivity index (χ1n) is 10.4. The SMILES string of the molecule is CCC(C)c1cc(C)c(O)c(C=NCN=Cc2cc(C(C)CC)cc(C)c2O)c1. The third-order valence-corrected chi connectivity index (χ3v) is 5.69. The molecule has 0 saturated heterocycles. The van der Waals surface area contributed by atoms with Gasteiger partial charge in [0, 0.05) is 23.6 Å². The molecule has 0 saturated carbocycles. The molecule has 4 nitrogen and oxygen atoms in total. The van der Waals surface area contributed by atoms with Crippen molar-refractivity contribution in [3.8, 4) is 11.5 Å². The van der Waals surface area contributed by atoms with Gasteiger partial charge in [-0.1, -0.05) is 39.8 Å². The molecule has 0 aliphatic rings. The van der Waals surface area contributed by atoms with Crippen molar-refractivity contribution in [3.05, 3.63) is 57.6 Å². The summed E-state index contributed by atoms with van der Waals surface area (Å²) in [6.07, 6.45) is 5.44. The fourth-order valence-electron chi connectivity index (χ4n) is 3.23. The summed E-state index contributed by atoms with van der Waals surface area (Å²) in [5.41, 5.74) is 5.55. The minimum Gasteiger partial charge on any atom is -0.507 e. The van der Waals surface area contributed by atoms with Gasteiger partial charge in [-0.2, -0.15) is 0 Å². The van der Waals surface area contributed by atoms with Gasteiger partial charge in [-0.05, 0) is 72.9 Å². The number of aromatic hydroxyl groups is 2. The number of aryl methyl sites for hydroxylation is 2. The highest BCUT2D eigenvalue weighted by Crippen LogP contribution is 2.29. The highest BCUT2D eigenvalue weighted by atomic mass is 16.3. The van der Waals surface area contributed by atoms with Gasteiger partial charge in [-0.25, -0.2) is 0 Å². The molecule has 0 fully saturated rings. The molecule has 4 heteroatoms. The molecule has 2 unspecified atom stereocenters. The van der Waals surface area contributed by atoms with Crippen molar-refractivity contribution >= 4 is 12.4 Å². The van der Waals surface area contributed by atoms with Crippen LogP contribution in [0.25, 0.3) is 0 Å².